The molecule has 0 atom stereocenters. The number of benzene rings is 5. The largest absolute Gasteiger partial charge is 0.307 e. The maximum Gasteiger partial charge on any atom is 0.0651 e. The Hall–Kier alpha value is -4.69. The van der Waals surface area contributed by atoms with E-state index in [0.29, 0.717) is 0 Å². The molecule has 0 N–H and O–H groups in total. The first kappa shape index (κ1) is 18.7. The summed E-state index contributed by atoms with van der Waals surface area (Å²) in [7, 11) is 0. The third kappa shape index (κ3) is 2.51. The number of fused-ring (bicyclic) bond motifs is 7. The van der Waals surface area contributed by atoms with Crippen LogP contribution in [-0.4, -0.2) is 9.55 Å². The molecule has 162 valence electrons. The van der Waals surface area contributed by atoms with Gasteiger partial charge in [-0.15, -0.1) is 0 Å². The zero-order valence-electron chi connectivity index (χ0n) is 18.9. The van der Waals surface area contributed by atoms with Gasteiger partial charge in [0.2, 0.25) is 0 Å². The summed E-state index contributed by atoms with van der Waals surface area (Å²) in [6, 6.07) is 39.4. The average molecular weight is 445 g/mol. The van der Waals surface area contributed by atoms with Gasteiger partial charge in [0.05, 0.1) is 22.9 Å². The molecule has 0 fully saturated rings. The highest BCUT2D eigenvalue weighted by Crippen LogP contribution is 2.51. The number of hydrogen-bond donors (Lipinski definition) is 0. The maximum atomic E-state index is 4.68. The van der Waals surface area contributed by atoms with Crippen LogP contribution in [0.1, 0.15) is 0 Å². The Morgan fingerprint density at radius 2 is 1.34 bits per heavy atom. The van der Waals surface area contributed by atoms with Gasteiger partial charge in [-0.1, -0.05) is 97.1 Å². The number of nitrogens with zero attached hydrogens (tertiary/aromatic N) is 2. The number of aromatic nitrogens is 2. The molecular weight excluding hydrogens is 424 g/mol. The van der Waals surface area contributed by atoms with E-state index in [-0.39, 0.29) is 0 Å². The Morgan fingerprint density at radius 3 is 2.23 bits per heavy atom. The lowest BCUT2D eigenvalue weighted by Crippen LogP contribution is -1.97. The predicted octanol–water partition coefficient (Wildman–Crippen LogP) is 8.65. The molecule has 2 nitrogen and oxygen atoms in total. The van der Waals surface area contributed by atoms with Crippen molar-refractivity contribution in [2.75, 3.05) is 0 Å². The van der Waals surface area contributed by atoms with Crippen molar-refractivity contribution in [2.24, 2.45) is 0 Å². The summed E-state index contributed by atoms with van der Waals surface area (Å²) in [5.41, 5.74) is 11.1. The molecule has 0 bridgehead atoms. The highest BCUT2D eigenvalue weighted by Gasteiger charge is 2.26. The molecule has 0 amide bonds. The minimum absolute atomic E-state index is 1.08. The van der Waals surface area contributed by atoms with Crippen LogP contribution in [-0.2, 0) is 0 Å². The van der Waals surface area contributed by atoms with Gasteiger partial charge in [0.1, 0.15) is 0 Å². The summed E-state index contributed by atoms with van der Waals surface area (Å²) >= 11 is 0. The molecule has 0 unspecified atom stereocenters. The zero-order valence-corrected chi connectivity index (χ0v) is 18.9. The Kier molecular flexibility index (Phi) is 3.69. The molecular formula is C33H20N2. The predicted molar refractivity (Wildman–Crippen MR) is 146 cm³/mol. The van der Waals surface area contributed by atoms with Gasteiger partial charge in [-0.25, -0.2) is 0 Å². The topological polar surface area (TPSA) is 17.8 Å². The van der Waals surface area contributed by atoms with Gasteiger partial charge in [0, 0.05) is 28.1 Å². The summed E-state index contributed by atoms with van der Waals surface area (Å²) < 4.78 is 2.41. The first-order valence-corrected chi connectivity index (χ1v) is 12.0. The second-order valence-electron chi connectivity index (χ2n) is 9.24. The van der Waals surface area contributed by atoms with Crippen LogP contribution in [0.4, 0.5) is 0 Å². The SMILES string of the molecule is c1ccc(-c2cncc(-n3c4ccccc4c4ccc5c(c43)-c3cccc4cccc-5c34)c2)cc1. The van der Waals surface area contributed by atoms with E-state index >= 15 is 0 Å². The number of pyridine rings is 1. The van der Waals surface area contributed by atoms with Gasteiger partial charge in [0.15, 0.2) is 0 Å². The molecule has 1 aliphatic rings. The molecule has 2 aromatic heterocycles. The van der Waals surface area contributed by atoms with Gasteiger partial charge < -0.3 is 4.57 Å². The first-order valence-electron chi connectivity index (χ1n) is 12.0. The van der Waals surface area contributed by atoms with Crippen LogP contribution in [0.3, 0.4) is 0 Å². The van der Waals surface area contributed by atoms with Crippen molar-refractivity contribution in [3.05, 3.63) is 122 Å². The minimum Gasteiger partial charge on any atom is -0.307 e. The zero-order chi connectivity index (χ0) is 22.9. The van der Waals surface area contributed by atoms with Crippen LogP contribution in [0, 0.1) is 0 Å². The van der Waals surface area contributed by atoms with Gasteiger partial charge in [0.25, 0.3) is 0 Å². The number of para-hydroxylation sites is 1. The second kappa shape index (κ2) is 6.91. The fourth-order valence-electron chi connectivity index (χ4n) is 5.94. The minimum atomic E-state index is 1.08. The highest BCUT2D eigenvalue weighted by molar-refractivity contribution is 6.24. The first-order chi connectivity index (χ1) is 17.4. The van der Waals surface area contributed by atoms with E-state index in [2.05, 4.69) is 119 Å². The molecule has 0 saturated heterocycles. The standard InChI is InChI=1S/C33H20N2/c1-2-8-21(9-3-1)23-18-24(20-34-19-23)35-30-15-5-4-12-25(30)28-17-16-27-26-13-6-10-22-11-7-14-29(31(22)26)32(27)33(28)35/h1-20H. The summed E-state index contributed by atoms with van der Waals surface area (Å²) in [4.78, 5) is 4.68. The van der Waals surface area contributed by atoms with Gasteiger partial charge >= 0.3 is 0 Å². The van der Waals surface area contributed by atoms with Crippen LogP contribution in [0.25, 0.3) is 71.6 Å². The van der Waals surface area contributed by atoms with Crippen molar-refractivity contribution in [1.29, 1.82) is 0 Å². The van der Waals surface area contributed by atoms with E-state index in [9.17, 15) is 0 Å². The number of rotatable bonds is 2. The Bertz CT molecular complexity index is 1940. The van der Waals surface area contributed by atoms with Crippen molar-refractivity contribution in [2.45, 2.75) is 0 Å². The third-order valence-electron chi connectivity index (χ3n) is 7.39. The van der Waals surface area contributed by atoms with Crippen LogP contribution < -0.4 is 0 Å². The van der Waals surface area contributed by atoms with Crippen molar-refractivity contribution < 1.29 is 0 Å². The van der Waals surface area contributed by atoms with E-state index in [1.54, 1.807) is 0 Å². The van der Waals surface area contributed by atoms with E-state index < -0.39 is 0 Å². The smallest absolute Gasteiger partial charge is 0.0651 e. The monoisotopic (exact) mass is 444 g/mol. The van der Waals surface area contributed by atoms with Gasteiger partial charge in [-0.05, 0) is 45.2 Å². The van der Waals surface area contributed by atoms with Crippen molar-refractivity contribution >= 4 is 32.6 Å². The lowest BCUT2D eigenvalue weighted by atomic mass is 10.00. The van der Waals surface area contributed by atoms with E-state index in [0.717, 1.165) is 11.3 Å². The fraction of sp³-hybridized carbons (Fsp3) is 0. The van der Waals surface area contributed by atoms with Crippen LogP contribution in [0.15, 0.2) is 122 Å². The maximum absolute atomic E-state index is 4.68. The second-order valence-corrected chi connectivity index (χ2v) is 9.24. The summed E-state index contributed by atoms with van der Waals surface area (Å²) in [5.74, 6) is 0. The molecule has 2 heteroatoms. The van der Waals surface area contributed by atoms with E-state index in [4.69, 9.17) is 0 Å². The molecule has 2 heterocycles. The Balaban J connectivity index is 1.52. The lowest BCUT2D eigenvalue weighted by Gasteiger charge is -2.13. The van der Waals surface area contributed by atoms with Crippen LogP contribution in [0.2, 0.25) is 0 Å². The highest BCUT2D eigenvalue weighted by atomic mass is 15.0. The summed E-state index contributed by atoms with van der Waals surface area (Å²) in [6.45, 7) is 0. The normalized spacial score (nSPS) is 12.0. The molecule has 0 radical (unpaired) electrons. The van der Waals surface area contributed by atoms with Crippen LogP contribution in [0.5, 0.6) is 0 Å². The fourth-order valence-corrected chi connectivity index (χ4v) is 5.94. The molecule has 0 spiro atoms. The molecule has 0 aliphatic heterocycles. The summed E-state index contributed by atoms with van der Waals surface area (Å²) in [5, 5.41) is 5.18. The quantitative estimate of drug-likeness (QED) is 0.261. The average Bonchev–Trinajstić information content (AvgIpc) is 3.44. The molecule has 35 heavy (non-hydrogen) atoms. The van der Waals surface area contributed by atoms with Crippen molar-refractivity contribution in [3.8, 4) is 39.1 Å². The van der Waals surface area contributed by atoms with Gasteiger partial charge in [-0.2, -0.15) is 0 Å². The molecule has 7 aromatic rings. The molecule has 1 aliphatic carbocycles. The van der Waals surface area contributed by atoms with E-state index in [1.807, 2.05) is 12.4 Å². The summed E-state index contributed by atoms with van der Waals surface area (Å²) in [6.07, 6.45) is 3.94. The third-order valence-corrected chi connectivity index (χ3v) is 7.39. The Morgan fingerprint density at radius 1 is 0.543 bits per heavy atom. The van der Waals surface area contributed by atoms with Crippen molar-refractivity contribution in [3.63, 3.8) is 0 Å². The molecule has 8 rings (SSSR count). The van der Waals surface area contributed by atoms with E-state index in [1.165, 1.54) is 60.4 Å². The van der Waals surface area contributed by atoms with Crippen LogP contribution >= 0.6 is 0 Å². The molecule has 5 aromatic carbocycles. The van der Waals surface area contributed by atoms with Gasteiger partial charge in [-0.3, -0.25) is 4.98 Å². The number of hydrogen-bond acceptors (Lipinski definition) is 1. The lowest BCUT2D eigenvalue weighted by molar-refractivity contribution is 1.14. The Labute approximate surface area is 202 Å². The van der Waals surface area contributed by atoms with Crippen molar-refractivity contribution in [1.82, 2.24) is 9.55 Å². The molecule has 0 saturated carbocycles.